The minimum atomic E-state index is -0.553. The van der Waals surface area contributed by atoms with Gasteiger partial charge in [-0.3, -0.25) is 4.79 Å². The SMILES string of the molecule is Cl.NCC1(C(=O)NCc2ccc(F)c(Cl)c2)CCOCC1. The molecule has 1 aromatic rings. The molecule has 0 aromatic heterocycles. The smallest absolute Gasteiger partial charge is 0.227 e. The Balaban J connectivity index is 0.00000220. The molecule has 1 amide bonds. The van der Waals surface area contributed by atoms with Gasteiger partial charge in [0.25, 0.3) is 0 Å². The number of benzene rings is 1. The zero-order chi connectivity index (χ0) is 14.6. The fourth-order valence-electron chi connectivity index (χ4n) is 2.31. The van der Waals surface area contributed by atoms with Gasteiger partial charge in [0, 0.05) is 26.3 Å². The molecule has 4 nitrogen and oxygen atoms in total. The predicted octanol–water partition coefficient (Wildman–Crippen LogP) is 2.27. The quantitative estimate of drug-likeness (QED) is 0.886. The standard InChI is InChI=1S/C14H18ClFN2O2.ClH/c15-11-7-10(1-2-12(11)16)8-18-13(19)14(9-17)3-5-20-6-4-14;/h1-2,7H,3-6,8-9,17H2,(H,18,19);1H. The zero-order valence-electron chi connectivity index (χ0n) is 11.5. The molecule has 2 rings (SSSR count). The van der Waals surface area contributed by atoms with Gasteiger partial charge in [-0.05, 0) is 30.5 Å². The lowest BCUT2D eigenvalue weighted by Crippen LogP contribution is -2.48. The van der Waals surface area contributed by atoms with Gasteiger partial charge in [0.1, 0.15) is 5.82 Å². The molecule has 1 aliphatic heterocycles. The highest BCUT2D eigenvalue weighted by Gasteiger charge is 2.38. The number of nitrogens with two attached hydrogens (primary N) is 1. The molecular weight excluding hydrogens is 318 g/mol. The van der Waals surface area contributed by atoms with Crippen molar-refractivity contribution in [3.63, 3.8) is 0 Å². The average Bonchev–Trinajstić information content (AvgIpc) is 2.48. The zero-order valence-corrected chi connectivity index (χ0v) is 13.1. The van der Waals surface area contributed by atoms with Crippen molar-refractivity contribution in [3.8, 4) is 0 Å². The second-order valence-corrected chi connectivity index (χ2v) is 5.44. The van der Waals surface area contributed by atoms with Gasteiger partial charge in [-0.2, -0.15) is 0 Å². The van der Waals surface area contributed by atoms with Gasteiger partial charge < -0.3 is 15.8 Å². The first-order chi connectivity index (χ1) is 9.57. The van der Waals surface area contributed by atoms with E-state index in [9.17, 15) is 9.18 Å². The summed E-state index contributed by atoms with van der Waals surface area (Å²) < 4.78 is 18.3. The lowest BCUT2D eigenvalue weighted by molar-refractivity contribution is -0.136. The molecular formula is C14H19Cl2FN2O2. The maximum absolute atomic E-state index is 13.1. The number of carbonyl (C=O) groups excluding carboxylic acids is 1. The van der Waals surface area contributed by atoms with Crippen LogP contribution in [0, 0.1) is 11.2 Å². The minimum absolute atomic E-state index is 0. The number of hydrogen-bond acceptors (Lipinski definition) is 3. The number of carbonyl (C=O) groups is 1. The topological polar surface area (TPSA) is 64.4 Å². The minimum Gasteiger partial charge on any atom is -0.381 e. The molecule has 0 radical (unpaired) electrons. The summed E-state index contributed by atoms with van der Waals surface area (Å²) in [4.78, 5) is 12.3. The van der Waals surface area contributed by atoms with Crippen molar-refractivity contribution < 1.29 is 13.9 Å². The van der Waals surface area contributed by atoms with Crippen LogP contribution in [0.15, 0.2) is 18.2 Å². The Bertz CT molecular complexity index is 494. The Morgan fingerprint density at radius 2 is 2.10 bits per heavy atom. The first kappa shape index (κ1) is 18.2. The summed E-state index contributed by atoms with van der Waals surface area (Å²) in [5, 5.41) is 2.90. The Morgan fingerprint density at radius 1 is 1.43 bits per heavy atom. The van der Waals surface area contributed by atoms with Crippen LogP contribution in [-0.4, -0.2) is 25.7 Å². The van der Waals surface area contributed by atoms with Crippen molar-refractivity contribution in [2.75, 3.05) is 19.8 Å². The van der Waals surface area contributed by atoms with Gasteiger partial charge in [-0.25, -0.2) is 4.39 Å². The maximum Gasteiger partial charge on any atom is 0.227 e. The van der Waals surface area contributed by atoms with E-state index in [2.05, 4.69) is 5.32 Å². The third-order valence-electron chi connectivity index (χ3n) is 3.76. The lowest BCUT2D eigenvalue weighted by atomic mass is 9.79. The van der Waals surface area contributed by atoms with Gasteiger partial charge in [0.15, 0.2) is 0 Å². The summed E-state index contributed by atoms with van der Waals surface area (Å²) in [5.41, 5.74) is 5.97. The number of hydrogen-bond donors (Lipinski definition) is 2. The van der Waals surface area contributed by atoms with E-state index in [1.165, 1.54) is 12.1 Å². The van der Waals surface area contributed by atoms with Gasteiger partial charge in [-0.1, -0.05) is 17.7 Å². The fourth-order valence-corrected chi connectivity index (χ4v) is 2.51. The third kappa shape index (κ3) is 4.30. The first-order valence-electron chi connectivity index (χ1n) is 6.57. The summed E-state index contributed by atoms with van der Waals surface area (Å²) in [6, 6.07) is 4.40. The fraction of sp³-hybridized carbons (Fsp3) is 0.500. The predicted molar refractivity (Wildman–Crippen MR) is 82.0 cm³/mol. The first-order valence-corrected chi connectivity index (χ1v) is 6.95. The van der Waals surface area contributed by atoms with Crippen LogP contribution in [0.25, 0.3) is 0 Å². The van der Waals surface area contributed by atoms with Crippen molar-refractivity contribution in [2.24, 2.45) is 11.1 Å². The Morgan fingerprint density at radius 3 is 2.67 bits per heavy atom. The molecule has 7 heteroatoms. The molecule has 0 unspecified atom stereocenters. The summed E-state index contributed by atoms with van der Waals surface area (Å²) >= 11 is 5.71. The molecule has 3 N–H and O–H groups in total. The highest BCUT2D eigenvalue weighted by Crippen LogP contribution is 2.29. The van der Waals surface area contributed by atoms with E-state index >= 15 is 0 Å². The number of rotatable bonds is 4. The van der Waals surface area contributed by atoms with Crippen LogP contribution in [0.5, 0.6) is 0 Å². The van der Waals surface area contributed by atoms with Gasteiger partial charge in [0.05, 0.1) is 10.4 Å². The van der Waals surface area contributed by atoms with Crippen LogP contribution in [0.1, 0.15) is 18.4 Å². The van der Waals surface area contributed by atoms with E-state index in [-0.39, 0.29) is 23.3 Å². The highest BCUT2D eigenvalue weighted by atomic mass is 35.5. The second-order valence-electron chi connectivity index (χ2n) is 5.03. The Labute approximate surface area is 134 Å². The average molecular weight is 337 g/mol. The number of nitrogens with one attached hydrogen (secondary N) is 1. The molecule has 1 heterocycles. The maximum atomic E-state index is 13.1. The van der Waals surface area contributed by atoms with E-state index in [0.717, 1.165) is 5.56 Å². The largest absolute Gasteiger partial charge is 0.381 e. The molecule has 0 spiro atoms. The van der Waals surface area contributed by atoms with Crippen LogP contribution >= 0.6 is 24.0 Å². The number of halogens is 3. The van der Waals surface area contributed by atoms with Crippen LogP contribution in [0.2, 0.25) is 5.02 Å². The van der Waals surface area contributed by atoms with Crippen molar-refractivity contribution in [3.05, 3.63) is 34.6 Å². The van der Waals surface area contributed by atoms with E-state index < -0.39 is 11.2 Å². The van der Waals surface area contributed by atoms with Crippen molar-refractivity contribution in [1.29, 1.82) is 0 Å². The van der Waals surface area contributed by atoms with Crippen LogP contribution < -0.4 is 11.1 Å². The number of amides is 1. The molecule has 1 aromatic carbocycles. The highest BCUT2D eigenvalue weighted by molar-refractivity contribution is 6.30. The van der Waals surface area contributed by atoms with Crippen LogP contribution in [-0.2, 0) is 16.1 Å². The molecule has 1 aliphatic rings. The van der Waals surface area contributed by atoms with Crippen LogP contribution in [0.3, 0.4) is 0 Å². The van der Waals surface area contributed by atoms with Crippen molar-refractivity contribution in [1.82, 2.24) is 5.32 Å². The lowest BCUT2D eigenvalue weighted by Gasteiger charge is -2.34. The van der Waals surface area contributed by atoms with Crippen LogP contribution in [0.4, 0.5) is 4.39 Å². The molecule has 0 atom stereocenters. The summed E-state index contributed by atoms with van der Waals surface area (Å²) in [6.45, 7) is 1.70. The number of ether oxygens (including phenoxy) is 1. The van der Waals surface area contributed by atoms with Gasteiger partial charge in [0.2, 0.25) is 5.91 Å². The second kappa shape index (κ2) is 7.94. The van der Waals surface area contributed by atoms with Crippen molar-refractivity contribution in [2.45, 2.75) is 19.4 Å². The molecule has 1 saturated heterocycles. The van der Waals surface area contributed by atoms with Crippen molar-refractivity contribution >= 4 is 29.9 Å². The molecule has 21 heavy (non-hydrogen) atoms. The Kier molecular flexibility index (Phi) is 6.87. The molecule has 1 fully saturated rings. The van der Waals surface area contributed by atoms with E-state index in [0.29, 0.717) is 39.1 Å². The van der Waals surface area contributed by atoms with E-state index in [1.807, 2.05) is 0 Å². The summed E-state index contributed by atoms with van der Waals surface area (Å²) in [6.07, 6.45) is 1.25. The normalized spacial score (nSPS) is 16.9. The molecule has 0 saturated carbocycles. The van der Waals surface area contributed by atoms with E-state index in [4.69, 9.17) is 22.1 Å². The summed E-state index contributed by atoms with van der Waals surface area (Å²) in [5.74, 6) is -0.548. The molecule has 118 valence electrons. The third-order valence-corrected chi connectivity index (χ3v) is 4.05. The van der Waals surface area contributed by atoms with E-state index in [1.54, 1.807) is 6.07 Å². The molecule has 0 aliphatic carbocycles. The van der Waals surface area contributed by atoms with Gasteiger partial charge in [-0.15, -0.1) is 12.4 Å². The van der Waals surface area contributed by atoms with Gasteiger partial charge >= 0.3 is 0 Å². The monoisotopic (exact) mass is 336 g/mol. The summed E-state index contributed by atoms with van der Waals surface area (Å²) in [7, 11) is 0. The Hall–Kier alpha value is -0.880. The molecule has 0 bridgehead atoms.